The number of carbonyl (C=O) groups is 1. The van der Waals surface area contributed by atoms with E-state index in [1.54, 1.807) is 0 Å². The van der Waals surface area contributed by atoms with Crippen molar-refractivity contribution >= 4 is 14.1 Å². The summed E-state index contributed by atoms with van der Waals surface area (Å²) in [6.07, 6.45) is 5.36. The Hall–Kier alpha value is -0.223. The van der Waals surface area contributed by atoms with Crippen LogP contribution in [0.1, 0.15) is 93.4 Å². The van der Waals surface area contributed by atoms with E-state index in [1.807, 2.05) is 0 Å². The molecule has 164 valence electrons. The molecule has 2 rings (SSSR count). The van der Waals surface area contributed by atoms with Gasteiger partial charge in [0.25, 0.3) is 0 Å². The maximum Gasteiger partial charge on any atom is 0.192 e. The predicted molar refractivity (Wildman–Crippen MR) is 119 cm³/mol. The second-order valence-electron chi connectivity index (χ2n) is 10.6. The van der Waals surface area contributed by atoms with Gasteiger partial charge in [0, 0.05) is 12.3 Å². The Balaban J connectivity index is 1.97. The molecule has 0 aromatic rings. The molecule has 0 heterocycles. The summed E-state index contributed by atoms with van der Waals surface area (Å²) < 4.78 is 22.0. The van der Waals surface area contributed by atoms with E-state index in [0.29, 0.717) is 18.1 Å². The first kappa shape index (κ1) is 24.1. The second-order valence-corrected chi connectivity index (χ2v) is 15.3. The molecule has 0 saturated heterocycles. The molecule has 0 aromatic heterocycles. The Labute approximate surface area is 174 Å². The van der Waals surface area contributed by atoms with Crippen molar-refractivity contribution in [2.75, 3.05) is 0 Å². The van der Waals surface area contributed by atoms with Crippen LogP contribution in [0.4, 0.5) is 4.39 Å². The molecule has 2 aliphatic rings. The average molecular weight is 413 g/mol. The van der Waals surface area contributed by atoms with Crippen molar-refractivity contribution < 1.29 is 13.6 Å². The van der Waals surface area contributed by atoms with E-state index in [-0.39, 0.29) is 22.9 Å². The summed E-state index contributed by atoms with van der Waals surface area (Å²) >= 11 is 0. The first-order valence-electron chi connectivity index (χ1n) is 11.9. The number of carbonyl (C=O) groups excluding carboxylic acids is 1. The van der Waals surface area contributed by atoms with Gasteiger partial charge in [-0.15, -0.1) is 0 Å². The lowest BCUT2D eigenvalue weighted by molar-refractivity contribution is -0.130. The molecule has 0 amide bonds. The van der Waals surface area contributed by atoms with Gasteiger partial charge in [-0.3, -0.25) is 4.79 Å². The number of ketones is 1. The summed E-state index contributed by atoms with van der Waals surface area (Å²) in [6.45, 7) is 15.4. The normalized spacial score (nSPS) is 30.9. The number of hydrogen-bond donors (Lipinski definition) is 0. The lowest BCUT2D eigenvalue weighted by Crippen LogP contribution is -2.45. The molecule has 0 unspecified atom stereocenters. The predicted octanol–water partition coefficient (Wildman–Crippen LogP) is 7.33. The lowest BCUT2D eigenvalue weighted by atomic mass is 9.61. The zero-order valence-electron chi connectivity index (χ0n) is 19.6. The molecular formula is C24H45FO2Si. The van der Waals surface area contributed by atoms with Crippen LogP contribution >= 0.6 is 0 Å². The zero-order chi connectivity index (χ0) is 21.2. The van der Waals surface area contributed by atoms with E-state index in [4.69, 9.17) is 4.43 Å². The van der Waals surface area contributed by atoms with Gasteiger partial charge in [-0.05, 0) is 87.8 Å². The standard InChI is InChI=1S/C24H45FO2Si/c1-8-28(9-2,10-3)27-23(5,6)17-15-21(25)18(4)19-13-14-20-22(26)12-11-16-24(19,20)7/h18-21H,8-17H2,1-7H3/t18-,19+,20-,21-,24+/m0/s1. The van der Waals surface area contributed by atoms with Crippen LogP contribution in [-0.4, -0.2) is 25.9 Å². The van der Waals surface area contributed by atoms with Crippen molar-refractivity contribution in [2.45, 2.75) is 123 Å². The fraction of sp³-hybridized carbons (Fsp3) is 0.958. The highest BCUT2D eigenvalue weighted by Crippen LogP contribution is 2.57. The molecule has 0 N–H and O–H groups in total. The Morgan fingerprint density at radius 3 is 2.39 bits per heavy atom. The highest BCUT2D eigenvalue weighted by atomic mass is 28.4. The maximum atomic E-state index is 15.4. The molecule has 0 bridgehead atoms. The molecule has 0 spiro atoms. The number of Topliss-reactive ketones (excluding diaryl/α,β-unsaturated/α-hetero) is 1. The van der Waals surface area contributed by atoms with Crippen LogP contribution in [0, 0.1) is 23.2 Å². The second kappa shape index (κ2) is 9.28. The number of rotatable bonds is 10. The van der Waals surface area contributed by atoms with Gasteiger partial charge >= 0.3 is 0 Å². The van der Waals surface area contributed by atoms with E-state index in [0.717, 1.165) is 56.7 Å². The van der Waals surface area contributed by atoms with Crippen molar-refractivity contribution in [3.8, 4) is 0 Å². The molecule has 4 heteroatoms. The molecule has 28 heavy (non-hydrogen) atoms. The van der Waals surface area contributed by atoms with Gasteiger partial charge in [0.2, 0.25) is 0 Å². The number of fused-ring (bicyclic) bond motifs is 1. The van der Waals surface area contributed by atoms with Crippen molar-refractivity contribution in [3.63, 3.8) is 0 Å². The zero-order valence-corrected chi connectivity index (χ0v) is 20.6. The molecule has 0 aromatic carbocycles. The first-order valence-corrected chi connectivity index (χ1v) is 14.4. The highest BCUT2D eigenvalue weighted by molar-refractivity contribution is 6.73. The van der Waals surface area contributed by atoms with E-state index in [1.165, 1.54) is 0 Å². The fourth-order valence-corrected chi connectivity index (χ4v) is 9.65. The SMILES string of the molecule is CC[Si](CC)(CC)OC(C)(C)CC[C@H](F)[C@@H](C)[C@H]1CC[C@H]2C(=O)CCC[C@]12C. The van der Waals surface area contributed by atoms with Crippen LogP contribution in [0.2, 0.25) is 18.1 Å². The van der Waals surface area contributed by atoms with Crippen LogP contribution < -0.4 is 0 Å². The van der Waals surface area contributed by atoms with Crippen LogP contribution in [0.5, 0.6) is 0 Å². The molecule has 2 aliphatic carbocycles. The Bertz CT molecular complexity index is 522. The Morgan fingerprint density at radius 2 is 1.82 bits per heavy atom. The van der Waals surface area contributed by atoms with Crippen molar-refractivity contribution in [2.24, 2.45) is 23.2 Å². The quantitative estimate of drug-likeness (QED) is 0.351. The van der Waals surface area contributed by atoms with Gasteiger partial charge in [0.1, 0.15) is 12.0 Å². The number of halogens is 1. The Morgan fingerprint density at radius 1 is 1.21 bits per heavy atom. The molecule has 5 atom stereocenters. The van der Waals surface area contributed by atoms with Crippen molar-refractivity contribution in [1.29, 1.82) is 0 Å². The highest BCUT2D eigenvalue weighted by Gasteiger charge is 2.53. The van der Waals surface area contributed by atoms with Crippen LogP contribution in [0.3, 0.4) is 0 Å². The van der Waals surface area contributed by atoms with Crippen LogP contribution in [-0.2, 0) is 9.22 Å². The van der Waals surface area contributed by atoms with Crippen molar-refractivity contribution in [1.82, 2.24) is 0 Å². The van der Waals surface area contributed by atoms with E-state index < -0.39 is 14.5 Å². The molecule has 0 radical (unpaired) electrons. The third-order valence-electron chi connectivity index (χ3n) is 8.59. The monoisotopic (exact) mass is 412 g/mol. The Kier molecular flexibility index (Phi) is 7.97. The largest absolute Gasteiger partial charge is 0.412 e. The fourth-order valence-electron chi connectivity index (χ4n) is 6.44. The molecule has 2 nitrogen and oxygen atoms in total. The molecule has 0 aliphatic heterocycles. The van der Waals surface area contributed by atoms with Gasteiger partial charge in [-0.25, -0.2) is 4.39 Å². The van der Waals surface area contributed by atoms with Gasteiger partial charge in [-0.2, -0.15) is 0 Å². The molecule has 2 fully saturated rings. The smallest absolute Gasteiger partial charge is 0.192 e. The van der Waals surface area contributed by atoms with Gasteiger partial charge < -0.3 is 4.43 Å². The van der Waals surface area contributed by atoms with E-state index in [9.17, 15) is 4.79 Å². The summed E-state index contributed by atoms with van der Waals surface area (Å²) in [4.78, 5) is 12.4. The van der Waals surface area contributed by atoms with E-state index in [2.05, 4.69) is 48.5 Å². The average Bonchev–Trinajstić information content (AvgIpc) is 3.02. The van der Waals surface area contributed by atoms with E-state index >= 15 is 4.39 Å². The van der Waals surface area contributed by atoms with Gasteiger partial charge in [0.15, 0.2) is 8.32 Å². The molecular weight excluding hydrogens is 367 g/mol. The van der Waals surface area contributed by atoms with Gasteiger partial charge in [-0.1, -0.05) is 34.6 Å². The summed E-state index contributed by atoms with van der Waals surface area (Å²) in [6, 6.07) is 3.40. The van der Waals surface area contributed by atoms with Crippen molar-refractivity contribution in [3.05, 3.63) is 0 Å². The van der Waals surface area contributed by atoms with Gasteiger partial charge in [0.05, 0.1) is 5.60 Å². The van der Waals surface area contributed by atoms with Crippen LogP contribution in [0.15, 0.2) is 0 Å². The summed E-state index contributed by atoms with van der Waals surface area (Å²) in [5.41, 5.74) is -0.221. The lowest BCUT2D eigenvalue weighted by Gasteiger charge is -2.43. The summed E-state index contributed by atoms with van der Waals surface area (Å²) in [5.74, 6) is 0.998. The molecule has 2 saturated carbocycles. The number of alkyl halides is 1. The first-order chi connectivity index (χ1) is 13.0. The van der Waals surface area contributed by atoms with Crippen LogP contribution in [0.25, 0.3) is 0 Å². The third kappa shape index (κ3) is 4.91. The summed E-state index contributed by atoms with van der Waals surface area (Å²) in [7, 11) is -1.68. The summed E-state index contributed by atoms with van der Waals surface area (Å²) in [5, 5.41) is 0. The minimum absolute atomic E-state index is 0.0276. The third-order valence-corrected chi connectivity index (χ3v) is 13.4. The topological polar surface area (TPSA) is 26.3 Å². The minimum atomic E-state index is -1.68. The number of hydrogen-bond acceptors (Lipinski definition) is 2. The maximum absolute atomic E-state index is 15.4. The minimum Gasteiger partial charge on any atom is -0.412 e.